The summed E-state index contributed by atoms with van der Waals surface area (Å²) in [6.45, 7) is 6.58. The third-order valence-electron chi connectivity index (χ3n) is 6.59. The van der Waals surface area contributed by atoms with Crippen LogP contribution in [0.4, 0.5) is 5.69 Å². The zero-order valence-electron chi connectivity index (χ0n) is 22.7. The fourth-order valence-corrected chi connectivity index (χ4v) is 6.04. The first-order valence-electron chi connectivity index (χ1n) is 12.7. The van der Waals surface area contributed by atoms with Crippen LogP contribution >= 0.6 is 34.8 Å². The predicted octanol–water partition coefficient (Wildman–Crippen LogP) is 6.48. The van der Waals surface area contributed by atoms with E-state index in [9.17, 15) is 18.0 Å². The van der Waals surface area contributed by atoms with Crippen molar-refractivity contribution in [1.82, 2.24) is 10.2 Å². The number of para-hydroxylation sites is 1. The summed E-state index contributed by atoms with van der Waals surface area (Å²) in [5.74, 6) is -0.950. The van der Waals surface area contributed by atoms with E-state index in [2.05, 4.69) is 5.32 Å². The fraction of sp³-hybridized carbons (Fsp3) is 0.310. The summed E-state index contributed by atoms with van der Waals surface area (Å²) < 4.78 is 28.8. The molecule has 0 saturated carbocycles. The average molecular weight is 625 g/mol. The first-order chi connectivity index (χ1) is 18.8. The first kappa shape index (κ1) is 31.7. The number of anilines is 1. The normalized spacial score (nSPS) is 12.9. The SMILES string of the molecule is CCC(C)NC(=O)C(C)N(Cc1ccc(Cl)cc1Cl)C(=O)CN(c1ccccc1C)S(=O)(=O)c1ccc(Cl)cc1. The molecule has 0 fully saturated rings. The summed E-state index contributed by atoms with van der Waals surface area (Å²) in [4.78, 5) is 28.5. The fourth-order valence-electron chi connectivity index (χ4n) is 3.97. The van der Waals surface area contributed by atoms with E-state index < -0.39 is 28.5 Å². The molecule has 0 bridgehead atoms. The van der Waals surface area contributed by atoms with E-state index in [1.807, 2.05) is 13.8 Å². The van der Waals surface area contributed by atoms with Gasteiger partial charge in [0, 0.05) is 27.7 Å². The van der Waals surface area contributed by atoms with Gasteiger partial charge in [0.05, 0.1) is 10.6 Å². The van der Waals surface area contributed by atoms with Gasteiger partial charge < -0.3 is 10.2 Å². The number of halogens is 3. The molecular weight excluding hydrogens is 593 g/mol. The van der Waals surface area contributed by atoms with E-state index in [1.165, 1.54) is 29.2 Å². The highest BCUT2D eigenvalue weighted by atomic mass is 35.5. The first-order valence-corrected chi connectivity index (χ1v) is 15.3. The Labute approximate surface area is 251 Å². The Morgan fingerprint density at radius 3 is 2.15 bits per heavy atom. The highest BCUT2D eigenvalue weighted by Crippen LogP contribution is 2.29. The number of amides is 2. The van der Waals surface area contributed by atoms with Crippen LogP contribution in [0.5, 0.6) is 0 Å². The van der Waals surface area contributed by atoms with Gasteiger partial charge in [0.15, 0.2) is 0 Å². The zero-order chi connectivity index (χ0) is 29.6. The van der Waals surface area contributed by atoms with Crippen molar-refractivity contribution in [2.24, 2.45) is 0 Å². The maximum Gasteiger partial charge on any atom is 0.264 e. The van der Waals surface area contributed by atoms with Gasteiger partial charge in [0.2, 0.25) is 11.8 Å². The van der Waals surface area contributed by atoms with E-state index in [0.717, 1.165) is 4.31 Å². The maximum atomic E-state index is 14.0. The number of carbonyl (C=O) groups excluding carboxylic acids is 2. The molecule has 0 aromatic heterocycles. The van der Waals surface area contributed by atoms with E-state index in [-0.39, 0.29) is 23.4 Å². The number of hydrogen-bond donors (Lipinski definition) is 1. The van der Waals surface area contributed by atoms with Crippen molar-refractivity contribution in [2.45, 2.75) is 57.6 Å². The molecule has 3 aromatic rings. The summed E-state index contributed by atoms with van der Waals surface area (Å²) in [7, 11) is -4.19. The molecule has 3 rings (SSSR count). The third kappa shape index (κ3) is 7.69. The molecule has 214 valence electrons. The largest absolute Gasteiger partial charge is 0.352 e. The second kappa shape index (κ2) is 13.7. The van der Waals surface area contributed by atoms with Crippen molar-refractivity contribution in [3.05, 3.63) is 92.9 Å². The van der Waals surface area contributed by atoms with Crippen molar-refractivity contribution in [1.29, 1.82) is 0 Å². The summed E-state index contributed by atoms with van der Waals surface area (Å²) >= 11 is 18.5. The minimum atomic E-state index is -4.19. The molecular formula is C29H32Cl3N3O4S. The Bertz CT molecular complexity index is 1470. The highest BCUT2D eigenvalue weighted by molar-refractivity contribution is 7.92. The van der Waals surface area contributed by atoms with Crippen molar-refractivity contribution < 1.29 is 18.0 Å². The van der Waals surface area contributed by atoms with Gasteiger partial charge in [-0.1, -0.05) is 66.0 Å². The molecule has 11 heteroatoms. The number of rotatable bonds is 11. The lowest BCUT2D eigenvalue weighted by Gasteiger charge is -2.33. The number of nitrogens with one attached hydrogen (secondary N) is 1. The Morgan fingerprint density at radius 2 is 1.55 bits per heavy atom. The topological polar surface area (TPSA) is 86.8 Å². The summed E-state index contributed by atoms with van der Waals surface area (Å²) in [5.41, 5.74) is 1.56. The van der Waals surface area contributed by atoms with E-state index in [4.69, 9.17) is 34.8 Å². The number of hydrogen-bond acceptors (Lipinski definition) is 4. The van der Waals surface area contributed by atoms with Gasteiger partial charge in [-0.25, -0.2) is 8.42 Å². The van der Waals surface area contributed by atoms with E-state index in [0.29, 0.717) is 38.3 Å². The minimum Gasteiger partial charge on any atom is -0.352 e. The molecule has 0 aliphatic carbocycles. The molecule has 0 radical (unpaired) electrons. The van der Waals surface area contributed by atoms with Crippen LogP contribution < -0.4 is 9.62 Å². The molecule has 1 N–H and O–H groups in total. The van der Waals surface area contributed by atoms with Crippen LogP contribution in [-0.2, 0) is 26.2 Å². The van der Waals surface area contributed by atoms with Crippen LogP contribution in [-0.4, -0.2) is 43.8 Å². The summed E-state index contributed by atoms with van der Waals surface area (Å²) in [6.07, 6.45) is 0.704. The van der Waals surface area contributed by atoms with Gasteiger partial charge >= 0.3 is 0 Å². The van der Waals surface area contributed by atoms with Crippen molar-refractivity contribution in [3.63, 3.8) is 0 Å². The van der Waals surface area contributed by atoms with Gasteiger partial charge in [-0.15, -0.1) is 0 Å². The molecule has 0 spiro atoms. The van der Waals surface area contributed by atoms with E-state index in [1.54, 1.807) is 56.3 Å². The van der Waals surface area contributed by atoms with Crippen LogP contribution in [0.1, 0.15) is 38.3 Å². The standard InChI is InChI=1S/C29H32Cl3N3O4S/c1-5-20(3)33-29(37)21(4)34(17-22-10-11-24(31)16-26(22)32)28(36)18-35(27-9-7-6-8-19(27)2)40(38,39)25-14-12-23(30)13-15-25/h6-16,20-21H,5,17-18H2,1-4H3,(H,33,37). The minimum absolute atomic E-state index is 0.0252. The van der Waals surface area contributed by atoms with Crippen LogP contribution in [0.25, 0.3) is 0 Å². The predicted molar refractivity (Wildman–Crippen MR) is 162 cm³/mol. The summed E-state index contributed by atoms with van der Waals surface area (Å²) in [5, 5.41) is 4.03. The Hall–Kier alpha value is -2.78. The molecule has 0 saturated heterocycles. The molecule has 2 atom stereocenters. The molecule has 0 aliphatic heterocycles. The van der Waals surface area contributed by atoms with Crippen LogP contribution in [0.15, 0.2) is 71.6 Å². The number of carbonyl (C=O) groups is 2. The smallest absolute Gasteiger partial charge is 0.264 e. The van der Waals surface area contributed by atoms with Crippen LogP contribution in [0, 0.1) is 6.92 Å². The number of nitrogens with zero attached hydrogens (tertiary/aromatic N) is 2. The van der Waals surface area contributed by atoms with Crippen LogP contribution in [0.2, 0.25) is 15.1 Å². The second-order valence-electron chi connectivity index (χ2n) is 9.50. The molecule has 2 amide bonds. The van der Waals surface area contributed by atoms with Crippen molar-refractivity contribution >= 4 is 62.3 Å². The Balaban J connectivity index is 2.06. The average Bonchev–Trinajstić information content (AvgIpc) is 2.91. The molecule has 7 nitrogen and oxygen atoms in total. The molecule has 2 unspecified atom stereocenters. The maximum absolute atomic E-state index is 14.0. The molecule has 3 aromatic carbocycles. The van der Waals surface area contributed by atoms with Gasteiger partial charge in [-0.05, 0) is 80.8 Å². The molecule has 0 aliphatic rings. The molecule has 0 heterocycles. The van der Waals surface area contributed by atoms with Gasteiger partial charge in [-0.3, -0.25) is 13.9 Å². The van der Waals surface area contributed by atoms with Gasteiger partial charge in [-0.2, -0.15) is 0 Å². The third-order valence-corrected chi connectivity index (χ3v) is 9.20. The highest BCUT2D eigenvalue weighted by Gasteiger charge is 2.33. The van der Waals surface area contributed by atoms with Gasteiger partial charge in [0.1, 0.15) is 12.6 Å². The summed E-state index contributed by atoms with van der Waals surface area (Å²) in [6, 6.07) is 16.4. The monoisotopic (exact) mass is 623 g/mol. The lowest BCUT2D eigenvalue weighted by Crippen LogP contribution is -2.52. The van der Waals surface area contributed by atoms with Crippen molar-refractivity contribution in [2.75, 3.05) is 10.8 Å². The number of aryl methyl sites for hydroxylation is 1. The lowest BCUT2D eigenvalue weighted by molar-refractivity contribution is -0.139. The van der Waals surface area contributed by atoms with Crippen LogP contribution in [0.3, 0.4) is 0 Å². The van der Waals surface area contributed by atoms with E-state index >= 15 is 0 Å². The second-order valence-corrected chi connectivity index (χ2v) is 12.6. The van der Waals surface area contributed by atoms with Gasteiger partial charge in [0.25, 0.3) is 10.0 Å². The van der Waals surface area contributed by atoms with Crippen molar-refractivity contribution in [3.8, 4) is 0 Å². The Kier molecular flexibility index (Phi) is 10.9. The number of benzene rings is 3. The zero-order valence-corrected chi connectivity index (χ0v) is 25.8. The molecule has 40 heavy (non-hydrogen) atoms. The Morgan fingerprint density at radius 1 is 0.925 bits per heavy atom. The number of sulfonamides is 1. The lowest BCUT2D eigenvalue weighted by atomic mass is 10.1. The quantitative estimate of drug-likeness (QED) is 0.265.